The molecule has 0 saturated heterocycles. The summed E-state index contributed by atoms with van der Waals surface area (Å²) in [6.45, 7) is 0. The Morgan fingerprint density at radius 1 is 1.80 bits per heavy atom. The van der Waals surface area contributed by atoms with Crippen LogP contribution in [0.25, 0.3) is 0 Å². The van der Waals surface area contributed by atoms with E-state index in [1.54, 1.807) is 6.08 Å². The molecule has 0 heterocycles. The predicted octanol–water partition coefficient (Wildman–Crippen LogP) is 0.927. The minimum Gasteiger partial charge on any atom is -0.323 e. The van der Waals surface area contributed by atoms with Crippen LogP contribution in [0.15, 0.2) is 11.6 Å². The van der Waals surface area contributed by atoms with Crippen molar-refractivity contribution in [2.24, 2.45) is 5.73 Å². The number of nitrogens with two attached hydrogens (primary N) is 1. The van der Waals surface area contributed by atoms with Crippen molar-refractivity contribution >= 4 is 17.1 Å². The fraction of sp³-hybridized carbons (Fsp3) is 0.429. The van der Waals surface area contributed by atoms with Crippen molar-refractivity contribution in [2.45, 2.75) is 18.9 Å². The Hall–Kier alpha value is -0.720. The second-order valence-corrected chi connectivity index (χ2v) is 2.80. The minimum atomic E-state index is -0.00731. The van der Waals surface area contributed by atoms with Crippen molar-refractivity contribution in [3.05, 3.63) is 11.6 Å². The molecule has 1 aliphatic rings. The highest BCUT2D eigenvalue weighted by Gasteiger charge is 2.14. The van der Waals surface area contributed by atoms with E-state index in [1.807, 2.05) is 0 Å². The predicted molar refractivity (Wildman–Crippen MR) is 43.5 cm³/mol. The normalized spacial score (nSPS) is 25.4. The Morgan fingerprint density at radius 3 is 3.00 bits per heavy atom. The highest BCUT2D eigenvalue weighted by atomic mass is 32.1. The molecule has 0 fully saturated rings. The number of thiocarbonyl (C=S) groups is 1. The molecule has 0 amide bonds. The molecule has 0 aromatic heterocycles. The Kier molecular flexibility index (Phi) is 2.15. The van der Waals surface area contributed by atoms with E-state index in [9.17, 15) is 0 Å². The molecule has 1 rings (SSSR count). The molecule has 1 atom stereocenters. The molecule has 2 nitrogen and oxygen atoms in total. The molecular weight excluding hydrogens is 144 g/mol. The molecule has 10 heavy (non-hydrogen) atoms. The van der Waals surface area contributed by atoms with Gasteiger partial charge >= 0.3 is 0 Å². The first-order valence-corrected chi connectivity index (χ1v) is 3.55. The van der Waals surface area contributed by atoms with Gasteiger partial charge in [-0.1, -0.05) is 12.2 Å². The zero-order valence-corrected chi connectivity index (χ0v) is 6.32. The van der Waals surface area contributed by atoms with Gasteiger partial charge in [0.1, 0.15) is 0 Å². The van der Waals surface area contributed by atoms with Crippen LogP contribution in [-0.2, 0) is 0 Å². The summed E-state index contributed by atoms with van der Waals surface area (Å²) in [4.78, 5) is 0.711. The van der Waals surface area contributed by atoms with Crippen LogP contribution in [0.1, 0.15) is 12.8 Å². The molecule has 0 aromatic rings. The van der Waals surface area contributed by atoms with Crippen molar-refractivity contribution in [2.75, 3.05) is 0 Å². The number of allylic oxidation sites excluding steroid dienone is 1. The maximum absolute atomic E-state index is 8.48. The first-order valence-electron chi connectivity index (χ1n) is 3.14. The Morgan fingerprint density at radius 2 is 2.50 bits per heavy atom. The Balaban J connectivity index is 2.78. The SMILES string of the molecule is N#CC1=CC(=S)C(N)CC1. The summed E-state index contributed by atoms with van der Waals surface area (Å²) in [6, 6.07) is 2.07. The first-order chi connectivity index (χ1) is 4.74. The van der Waals surface area contributed by atoms with E-state index in [2.05, 4.69) is 6.07 Å². The summed E-state index contributed by atoms with van der Waals surface area (Å²) in [5, 5.41) is 8.48. The van der Waals surface area contributed by atoms with Crippen molar-refractivity contribution in [3.8, 4) is 6.07 Å². The average molecular weight is 152 g/mol. The molecule has 2 N–H and O–H groups in total. The van der Waals surface area contributed by atoms with Crippen LogP contribution in [0.3, 0.4) is 0 Å². The van der Waals surface area contributed by atoms with Crippen LogP contribution in [-0.4, -0.2) is 10.9 Å². The number of hydrogen-bond acceptors (Lipinski definition) is 3. The van der Waals surface area contributed by atoms with Crippen molar-refractivity contribution in [1.29, 1.82) is 5.26 Å². The zero-order valence-electron chi connectivity index (χ0n) is 5.50. The summed E-state index contributed by atoms with van der Waals surface area (Å²) in [6.07, 6.45) is 3.31. The van der Waals surface area contributed by atoms with Gasteiger partial charge in [-0.2, -0.15) is 5.26 Å². The molecule has 0 bridgehead atoms. The van der Waals surface area contributed by atoms with Gasteiger partial charge in [-0.25, -0.2) is 0 Å². The lowest BCUT2D eigenvalue weighted by Crippen LogP contribution is -2.30. The van der Waals surface area contributed by atoms with E-state index >= 15 is 0 Å². The lowest BCUT2D eigenvalue weighted by Gasteiger charge is -2.14. The van der Waals surface area contributed by atoms with Gasteiger partial charge in [0, 0.05) is 16.5 Å². The summed E-state index contributed by atoms with van der Waals surface area (Å²) in [7, 11) is 0. The molecule has 0 spiro atoms. The topological polar surface area (TPSA) is 49.8 Å². The third-order valence-corrected chi connectivity index (χ3v) is 1.97. The number of nitrogens with zero attached hydrogens (tertiary/aromatic N) is 1. The maximum Gasteiger partial charge on any atom is 0.0947 e. The molecule has 0 aromatic carbocycles. The summed E-state index contributed by atoms with van der Waals surface area (Å²) in [5.41, 5.74) is 6.36. The minimum absolute atomic E-state index is 0.00731. The first kappa shape index (κ1) is 7.39. The van der Waals surface area contributed by atoms with Gasteiger partial charge in [0.2, 0.25) is 0 Å². The standard InChI is InChI=1S/C7H8N2S/c8-4-5-1-2-6(9)7(10)3-5/h3,6H,1-2,9H2. The molecule has 52 valence electrons. The summed E-state index contributed by atoms with van der Waals surface area (Å²) >= 11 is 4.92. The van der Waals surface area contributed by atoms with Crippen molar-refractivity contribution < 1.29 is 0 Å². The van der Waals surface area contributed by atoms with Crippen LogP contribution < -0.4 is 5.73 Å². The van der Waals surface area contributed by atoms with Crippen LogP contribution in [0.4, 0.5) is 0 Å². The van der Waals surface area contributed by atoms with Crippen LogP contribution in [0.2, 0.25) is 0 Å². The largest absolute Gasteiger partial charge is 0.323 e. The average Bonchev–Trinajstić information content (AvgIpc) is 1.95. The number of rotatable bonds is 0. The van der Waals surface area contributed by atoms with E-state index in [-0.39, 0.29) is 6.04 Å². The maximum atomic E-state index is 8.48. The van der Waals surface area contributed by atoms with Crippen molar-refractivity contribution in [3.63, 3.8) is 0 Å². The van der Waals surface area contributed by atoms with Crippen LogP contribution in [0.5, 0.6) is 0 Å². The molecular formula is C7H8N2S. The quantitative estimate of drug-likeness (QED) is 0.525. The van der Waals surface area contributed by atoms with Gasteiger partial charge in [0.25, 0.3) is 0 Å². The Bertz CT molecular complexity index is 224. The lowest BCUT2D eigenvalue weighted by molar-refractivity contribution is 0.748. The third-order valence-electron chi connectivity index (χ3n) is 1.55. The molecule has 0 aliphatic heterocycles. The van der Waals surface area contributed by atoms with Gasteiger partial charge < -0.3 is 5.73 Å². The monoisotopic (exact) mass is 152 g/mol. The molecule has 0 radical (unpaired) electrons. The fourth-order valence-electron chi connectivity index (χ4n) is 0.892. The van der Waals surface area contributed by atoms with E-state index in [4.69, 9.17) is 23.2 Å². The summed E-state index contributed by atoms with van der Waals surface area (Å²) in [5.74, 6) is 0. The smallest absolute Gasteiger partial charge is 0.0947 e. The van der Waals surface area contributed by atoms with Gasteiger partial charge in [0.05, 0.1) is 6.07 Å². The van der Waals surface area contributed by atoms with Crippen LogP contribution >= 0.6 is 12.2 Å². The molecule has 3 heteroatoms. The fourth-order valence-corrected chi connectivity index (χ4v) is 1.15. The van der Waals surface area contributed by atoms with Crippen molar-refractivity contribution in [1.82, 2.24) is 0 Å². The highest BCUT2D eigenvalue weighted by molar-refractivity contribution is 7.80. The van der Waals surface area contributed by atoms with E-state index in [0.29, 0.717) is 4.86 Å². The molecule has 1 aliphatic carbocycles. The van der Waals surface area contributed by atoms with E-state index in [0.717, 1.165) is 18.4 Å². The van der Waals surface area contributed by atoms with Gasteiger partial charge in [0.15, 0.2) is 0 Å². The zero-order chi connectivity index (χ0) is 7.56. The lowest BCUT2D eigenvalue weighted by atomic mass is 9.97. The van der Waals surface area contributed by atoms with Crippen LogP contribution in [0, 0.1) is 11.3 Å². The van der Waals surface area contributed by atoms with Gasteiger partial charge in [-0.3, -0.25) is 0 Å². The third kappa shape index (κ3) is 1.41. The molecule has 0 saturated carbocycles. The van der Waals surface area contributed by atoms with E-state index < -0.39 is 0 Å². The van der Waals surface area contributed by atoms with Gasteiger partial charge in [-0.15, -0.1) is 0 Å². The second kappa shape index (κ2) is 2.91. The highest BCUT2D eigenvalue weighted by Crippen LogP contribution is 2.14. The Labute approximate surface area is 65.3 Å². The number of nitriles is 1. The summed E-state index contributed by atoms with van der Waals surface area (Å²) < 4.78 is 0. The second-order valence-electron chi connectivity index (χ2n) is 2.33. The van der Waals surface area contributed by atoms with E-state index in [1.165, 1.54) is 0 Å². The van der Waals surface area contributed by atoms with Gasteiger partial charge in [-0.05, 0) is 18.9 Å². The molecule has 1 unspecified atom stereocenters. The number of hydrogen-bond donors (Lipinski definition) is 1.